The van der Waals surface area contributed by atoms with E-state index in [0.717, 1.165) is 70.8 Å². The number of methoxy groups -OCH3 is 1. The van der Waals surface area contributed by atoms with Crippen LogP contribution in [0.3, 0.4) is 0 Å². The highest BCUT2D eigenvalue weighted by Crippen LogP contribution is 2.22. The Bertz CT molecular complexity index is 599. The van der Waals surface area contributed by atoms with Gasteiger partial charge in [-0.2, -0.15) is 0 Å². The van der Waals surface area contributed by atoms with Gasteiger partial charge in [0.1, 0.15) is 6.33 Å². The minimum Gasteiger partial charge on any atom is -0.383 e. The number of nitrogens with zero attached hydrogens (tertiary/aromatic N) is 4. The molecule has 0 unspecified atom stereocenters. The van der Waals surface area contributed by atoms with Crippen LogP contribution in [0.5, 0.6) is 0 Å². The molecule has 7 heteroatoms. The molecule has 1 aromatic rings. The topological polar surface area (TPSA) is 67.8 Å². The van der Waals surface area contributed by atoms with Crippen molar-refractivity contribution in [2.24, 2.45) is 5.92 Å². The van der Waals surface area contributed by atoms with Crippen LogP contribution >= 0.6 is 0 Å². The molecule has 0 radical (unpaired) electrons. The molecule has 0 spiro atoms. The van der Waals surface area contributed by atoms with Crippen LogP contribution < -0.4 is 0 Å². The SMILES string of the molecule is COCCN1CCC(CN(C[C@H]2CCCO2)C(=O)c2cncnc2C)CC1. The van der Waals surface area contributed by atoms with E-state index in [2.05, 4.69) is 14.9 Å². The Labute approximate surface area is 162 Å². The average Bonchev–Trinajstić information content (AvgIpc) is 3.20. The van der Waals surface area contributed by atoms with Crippen molar-refractivity contribution in [2.45, 2.75) is 38.7 Å². The molecule has 1 aromatic heterocycles. The third-order valence-corrected chi connectivity index (χ3v) is 5.67. The standard InChI is InChI=1S/C20H32N4O3/c1-16-19(12-21-15-22-16)20(25)24(14-18-4-3-10-27-18)13-17-5-7-23(8-6-17)9-11-26-2/h12,15,17-18H,3-11,13-14H2,1-2H3/t18-/m1/s1. The number of hydrogen-bond donors (Lipinski definition) is 0. The van der Waals surface area contributed by atoms with E-state index in [1.54, 1.807) is 13.3 Å². The zero-order valence-corrected chi connectivity index (χ0v) is 16.6. The van der Waals surface area contributed by atoms with Crippen molar-refractivity contribution >= 4 is 5.91 Å². The van der Waals surface area contributed by atoms with Gasteiger partial charge in [-0.3, -0.25) is 4.79 Å². The predicted molar refractivity (Wildman–Crippen MR) is 103 cm³/mol. The summed E-state index contributed by atoms with van der Waals surface area (Å²) in [7, 11) is 1.75. The second-order valence-electron chi connectivity index (χ2n) is 7.64. The van der Waals surface area contributed by atoms with Gasteiger partial charge in [-0.15, -0.1) is 0 Å². The first-order valence-corrected chi connectivity index (χ1v) is 10.1. The Morgan fingerprint density at radius 2 is 2.15 bits per heavy atom. The van der Waals surface area contributed by atoms with Crippen molar-refractivity contribution in [3.63, 3.8) is 0 Å². The predicted octanol–water partition coefficient (Wildman–Crippen LogP) is 1.76. The Kier molecular flexibility index (Phi) is 7.55. The van der Waals surface area contributed by atoms with Gasteiger partial charge in [0.25, 0.3) is 5.91 Å². The summed E-state index contributed by atoms with van der Waals surface area (Å²) in [6.07, 6.45) is 7.63. The van der Waals surface area contributed by atoms with Gasteiger partial charge in [0.15, 0.2) is 0 Å². The Morgan fingerprint density at radius 1 is 1.33 bits per heavy atom. The summed E-state index contributed by atoms with van der Waals surface area (Å²) in [5.74, 6) is 0.560. The van der Waals surface area contributed by atoms with Crippen LogP contribution in [-0.4, -0.2) is 84.8 Å². The van der Waals surface area contributed by atoms with Crippen molar-refractivity contribution < 1.29 is 14.3 Å². The molecule has 27 heavy (non-hydrogen) atoms. The van der Waals surface area contributed by atoms with Crippen molar-refractivity contribution in [1.29, 1.82) is 0 Å². The molecule has 0 saturated carbocycles. The number of amides is 1. The number of aromatic nitrogens is 2. The molecule has 3 rings (SSSR count). The van der Waals surface area contributed by atoms with Crippen LogP contribution in [0.1, 0.15) is 41.7 Å². The van der Waals surface area contributed by atoms with Crippen LogP contribution in [0.25, 0.3) is 0 Å². The average molecular weight is 377 g/mol. The molecule has 2 saturated heterocycles. The molecule has 0 aliphatic carbocycles. The second-order valence-corrected chi connectivity index (χ2v) is 7.64. The van der Waals surface area contributed by atoms with Gasteiger partial charge in [0.2, 0.25) is 0 Å². The third kappa shape index (κ3) is 5.70. The van der Waals surface area contributed by atoms with E-state index in [0.29, 0.717) is 18.0 Å². The molecule has 150 valence electrons. The van der Waals surface area contributed by atoms with Gasteiger partial charge in [-0.1, -0.05) is 0 Å². The van der Waals surface area contributed by atoms with Gasteiger partial charge < -0.3 is 19.3 Å². The molecule has 0 bridgehead atoms. The molecule has 1 atom stereocenters. The number of piperidine rings is 1. The first-order valence-electron chi connectivity index (χ1n) is 10.1. The third-order valence-electron chi connectivity index (χ3n) is 5.67. The number of hydrogen-bond acceptors (Lipinski definition) is 6. The summed E-state index contributed by atoms with van der Waals surface area (Å²) in [5, 5.41) is 0. The summed E-state index contributed by atoms with van der Waals surface area (Å²) >= 11 is 0. The molecule has 7 nitrogen and oxygen atoms in total. The summed E-state index contributed by atoms with van der Waals surface area (Å²) in [6, 6.07) is 0. The van der Waals surface area contributed by atoms with E-state index >= 15 is 0 Å². The minimum atomic E-state index is 0.0328. The fourth-order valence-corrected chi connectivity index (χ4v) is 3.97. The van der Waals surface area contributed by atoms with Crippen molar-refractivity contribution in [3.05, 3.63) is 23.8 Å². The minimum absolute atomic E-state index is 0.0328. The van der Waals surface area contributed by atoms with Crippen LogP contribution in [0, 0.1) is 12.8 Å². The quantitative estimate of drug-likeness (QED) is 0.689. The van der Waals surface area contributed by atoms with E-state index in [9.17, 15) is 4.79 Å². The second kappa shape index (κ2) is 10.1. The number of rotatable bonds is 8. The molecule has 2 aliphatic rings. The molecular formula is C20H32N4O3. The molecule has 3 heterocycles. The first-order chi connectivity index (χ1) is 13.2. The number of carbonyl (C=O) groups excluding carboxylic acids is 1. The molecule has 0 aromatic carbocycles. The Hall–Kier alpha value is -1.57. The molecule has 1 amide bonds. The molecule has 0 N–H and O–H groups in total. The van der Waals surface area contributed by atoms with Gasteiger partial charge in [-0.05, 0) is 51.6 Å². The number of likely N-dealkylation sites (tertiary alicyclic amines) is 1. The molecule has 2 aliphatic heterocycles. The summed E-state index contributed by atoms with van der Waals surface area (Å²) in [4.78, 5) is 25.9. The zero-order chi connectivity index (χ0) is 19.1. The van der Waals surface area contributed by atoms with Crippen molar-refractivity contribution in [3.8, 4) is 0 Å². The summed E-state index contributed by atoms with van der Waals surface area (Å²) in [5.41, 5.74) is 1.34. The lowest BCUT2D eigenvalue weighted by molar-refractivity contribution is 0.0435. The lowest BCUT2D eigenvalue weighted by Crippen LogP contribution is -2.44. The highest BCUT2D eigenvalue weighted by molar-refractivity contribution is 5.94. The maximum atomic E-state index is 13.2. The zero-order valence-electron chi connectivity index (χ0n) is 16.6. The van der Waals surface area contributed by atoms with E-state index in [4.69, 9.17) is 9.47 Å². The van der Waals surface area contributed by atoms with Gasteiger partial charge >= 0.3 is 0 Å². The van der Waals surface area contributed by atoms with Crippen molar-refractivity contribution in [2.75, 3.05) is 53.0 Å². The lowest BCUT2D eigenvalue weighted by atomic mass is 9.95. The highest BCUT2D eigenvalue weighted by atomic mass is 16.5. The van der Waals surface area contributed by atoms with Crippen LogP contribution in [0.4, 0.5) is 0 Å². The van der Waals surface area contributed by atoms with Crippen LogP contribution in [0.2, 0.25) is 0 Å². The van der Waals surface area contributed by atoms with E-state index < -0.39 is 0 Å². The van der Waals surface area contributed by atoms with E-state index in [1.165, 1.54) is 6.33 Å². The molecule has 2 fully saturated rings. The van der Waals surface area contributed by atoms with E-state index in [1.807, 2.05) is 11.8 Å². The van der Waals surface area contributed by atoms with E-state index in [-0.39, 0.29) is 12.0 Å². The van der Waals surface area contributed by atoms with Crippen LogP contribution in [-0.2, 0) is 9.47 Å². The Balaban J connectivity index is 1.62. The summed E-state index contributed by atoms with van der Waals surface area (Å²) in [6.45, 7) is 8.03. The van der Waals surface area contributed by atoms with Gasteiger partial charge in [-0.25, -0.2) is 9.97 Å². The van der Waals surface area contributed by atoms with Crippen LogP contribution in [0.15, 0.2) is 12.5 Å². The normalized spacial score (nSPS) is 21.5. The fourth-order valence-electron chi connectivity index (χ4n) is 3.97. The number of aryl methyl sites for hydroxylation is 1. The maximum absolute atomic E-state index is 13.2. The largest absolute Gasteiger partial charge is 0.383 e. The first kappa shape index (κ1) is 20.2. The highest BCUT2D eigenvalue weighted by Gasteiger charge is 2.28. The smallest absolute Gasteiger partial charge is 0.257 e. The maximum Gasteiger partial charge on any atom is 0.257 e. The van der Waals surface area contributed by atoms with Crippen molar-refractivity contribution in [1.82, 2.24) is 19.8 Å². The fraction of sp³-hybridized carbons (Fsp3) is 0.750. The summed E-state index contributed by atoms with van der Waals surface area (Å²) < 4.78 is 11.0. The van der Waals surface area contributed by atoms with Gasteiger partial charge in [0, 0.05) is 39.5 Å². The lowest BCUT2D eigenvalue weighted by Gasteiger charge is -2.35. The Morgan fingerprint density at radius 3 is 2.81 bits per heavy atom. The van der Waals surface area contributed by atoms with Gasteiger partial charge in [0.05, 0.1) is 24.0 Å². The number of ether oxygens (including phenoxy) is 2. The number of carbonyl (C=O) groups is 1. The monoisotopic (exact) mass is 376 g/mol. The molecular weight excluding hydrogens is 344 g/mol.